The van der Waals surface area contributed by atoms with E-state index in [1.165, 1.54) is 31.4 Å². The second-order valence-electron chi connectivity index (χ2n) is 6.88. The van der Waals surface area contributed by atoms with Crippen molar-refractivity contribution in [2.75, 3.05) is 21.3 Å². The van der Waals surface area contributed by atoms with Crippen LogP contribution in [0.3, 0.4) is 0 Å². The van der Waals surface area contributed by atoms with Gasteiger partial charge in [0.1, 0.15) is 12.2 Å². The predicted octanol–water partition coefficient (Wildman–Crippen LogP) is 1.21. The van der Waals surface area contributed by atoms with Crippen LogP contribution in [0.4, 0.5) is 9.59 Å². The highest BCUT2D eigenvalue weighted by atomic mass is 16.7. The molecule has 4 atom stereocenters. The number of esters is 2. The molecule has 0 radical (unpaired) electrons. The summed E-state index contributed by atoms with van der Waals surface area (Å²) in [6.45, 7) is 0. The summed E-state index contributed by atoms with van der Waals surface area (Å²) in [5.74, 6) is -2.49. The first-order valence-corrected chi connectivity index (χ1v) is 9.66. The highest BCUT2D eigenvalue weighted by Gasteiger charge is 2.41. The van der Waals surface area contributed by atoms with Gasteiger partial charge in [-0.1, -0.05) is 6.07 Å². The second kappa shape index (κ2) is 11.8. The number of aliphatic hydroxyl groups excluding tert-OH is 2. The van der Waals surface area contributed by atoms with Crippen molar-refractivity contribution in [3.63, 3.8) is 0 Å². The van der Waals surface area contributed by atoms with Gasteiger partial charge in [0.05, 0.1) is 33.4 Å². The minimum atomic E-state index is -1.36. The second-order valence-corrected chi connectivity index (χ2v) is 6.88. The fourth-order valence-corrected chi connectivity index (χ4v) is 3.08. The van der Waals surface area contributed by atoms with E-state index < -0.39 is 48.5 Å². The molecule has 33 heavy (non-hydrogen) atoms. The Morgan fingerprint density at radius 1 is 0.909 bits per heavy atom. The molecule has 2 N–H and O–H groups in total. The Morgan fingerprint density at radius 2 is 1.55 bits per heavy atom. The van der Waals surface area contributed by atoms with Gasteiger partial charge in [0.15, 0.2) is 11.5 Å². The Balaban J connectivity index is 2.12. The topological polar surface area (TPSA) is 164 Å². The van der Waals surface area contributed by atoms with Crippen molar-refractivity contribution in [1.82, 2.24) is 0 Å². The van der Waals surface area contributed by atoms with Crippen molar-refractivity contribution < 1.29 is 57.8 Å². The fourth-order valence-electron chi connectivity index (χ4n) is 3.08. The number of ether oxygens (including phenoxy) is 6. The first kappa shape index (κ1) is 25.6. The smallest absolute Gasteiger partial charge is 0.469 e. The Morgan fingerprint density at radius 3 is 2.15 bits per heavy atom. The number of aliphatic hydroxyl groups is 2. The zero-order valence-corrected chi connectivity index (χ0v) is 18.1. The van der Waals surface area contributed by atoms with Crippen LogP contribution < -0.4 is 9.47 Å². The van der Waals surface area contributed by atoms with Crippen LogP contribution in [-0.4, -0.2) is 74.1 Å². The van der Waals surface area contributed by atoms with Crippen molar-refractivity contribution in [1.29, 1.82) is 0 Å². The van der Waals surface area contributed by atoms with Crippen LogP contribution in [0.5, 0.6) is 11.5 Å². The van der Waals surface area contributed by atoms with Crippen LogP contribution >= 0.6 is 0 Å². The standard InChI is InChI=1S/C21H24O12/c1-28-19(25)12-9-13(22)18(24)16(10-12)31-17(23)7-5-11-4-6-14(32-20(26)29-2)15(8-11)33-21(27)30-3/h4-8,12-13,16,18,22,24H,9-10H2,1-3H3/b7-5+/t12-,13-,16-,18-/m1/s1. The van der Waals surface area contributed by atoms with Crippen molar-refractivity contribution in [3.8, 4) is 11.5 Å². The lowest BCUT2D eigenvalue weighted by Gasteiger charge is -2.34. The average Bonchev–Trinajstić information content (AvgIpc) is 2.80. The van der Waals surface area contributed by atoms with E-state index in [1.807, 2.05) is 0 Å². The van der Waals surface area contributed by atoms with E-state index >= 15 is 0 Å². The molecule has 1 aromatic carbocycles. The molecule has 12 nitrogen and oxygen atoms in total. The van der Waals surface area contributed by atoms with E-state index in [0.717, 1.165) is 20.3 Å². The lowest BCUT2D eigenvalue weighted by molar-refractivity contribution is -0.171. The van der Waals surface area contributed by atoms with Crippen molar-refractivity contribution >= 4 is 30.3 Å². The molecule has 0 aliphatic heterocycles. The Hall–Kier alpha value is -3.64. The Bertz CT molecular complexity index is 909. The maximum Gasteiger partial charge on any atom is 0.513 e. The Labute approximate surface area is 188 Å². The zero-order valence-electron chi connectivity index (χ0n) is 18.1. The van der Waals surface area contributed by atoms with Crippen molar-refractivity contribution in [2.24, 2.45) is 5.92 Å². The average molecular weight is 468 g/mol. The number of rotatable bonds is 6. The summed E-state index contributed by atoms with van der Waals surface area (Å²) in [6, 6.07) is 4.02. The number of benzene rings is 1. The molecule has 1 saturated carbocycles. The van der Waals surface area contributed by atoms with Gasteiger partial charge in [-0.2, -0.15) is 0 Å². The molecule has 0 heterocycles. The normalized spacial score (nSPS) is 22.2. The highest BCUT2D eigenvalue weighted by molar-refractivity contribution is 5.87. The fraction of sp³-hybridized carbons (Fsp3) is 0.429. The summed E-state index contributed by atoms with van der Waals surface area (Å²) in [6.07, 6.45) is -3.56. The third-order valence-corrected chi connectivity index (χ3v) is 4.72. The van der Waals surface area contributed by atoms with Crippen LogP contribution in [0.25, 0.3) is 6.08 Å². The van der Waals surface area contributed by atoms with Gasteiger partial charge in [-0.3, -0.25) is 4.79 Å². The van der Waals surface area contributed by atoms with E-state index in [0.29, 0.717) is 5.56 Å². The first-order valence-electron chi connectivity index (χ1n) is 9.66. The van der Waals surface area contributed by atoms with E-state index in [4.69, 9.17) is 14.2 Å². The number of carbonyl (C=O) groups is 4. The van der Waals surface area contributed by atoms with Crippen LogP contribution in [0, 0.1) is 5.92 Å². The minimum Gasteiger partial charge on any atom is -0.469 e. The molecule has 0 bridgehead atoms. The number of carbonyl (C=O) groups excluding carboxylic acids is 4. The summed E-state index contributed by atoms with van der Waals surface area (Å²) in [4.78, 5) is 46.8. The molecule has 1 aliphatic rings. The van der Waals surface area contributed by atoms with Crippen molar-refractivity contribution in [3.05, 3.63) is 29.8 Å². The lowest BCUT2D eigenvalue weighted by Crippen LogP contribution is -2.48. The summed E-state index contributed by atoms with van der Waals surface area (Å²) in [5, 5.41) is 20.0. The molecular weight excluding hydrogens is 444 g/mol. The monoisotopic (exact) mass is 468 g/mol. The maximum atomic E-state index is 12.2. The van der Waals surface area contributed by atoms with Crippen molar-refractivity contribution in [2.45, 2.75) is 31.2 Å². The molecule has 0 saturated heterocycles. The van der Waals surface area contributed by atoms with Crippen LogP contribution in [0.2, 0.25) is 0 Å². The zero-order chi connectivity index (χ0) is 24.5. The third-order valence-electron chi connectivity index (χ3n) is 4.72. The van der Waals surface area contributed by atoms with E-state index in [2.05, 4.69) is 14.2 Å². The molecule has 0 aromatic heterocycles. The van der Waals surface area contributed by atoms with Crippen LogP contribution in [-0.2, 0) is 28.5 Å². The number of methoxy groups -OCH3 is 3. The summed E-state index contributed by atoms with van der Waals surface area (Å²) in [5.41, 5.74) is 0.347. The van der Waals surface area contributed by atoms with Gasteiger partial charge in [-0.15, -0.1) is 0 Å². The molecule has 1 fully saturated rings. The lowest BCUT2D eigenvalue weighted by atomic mass is 9.83. The quantitative estimate of drug-likeness (QED) is 0.266. The van der Waals surface area contributed by atoms with Gasteiger partial charge in [-0.25, -0.2) is 14.4 Å². The van der Waals surface area contributed by atoms with E-state index in [9.17, 15) is 29.4 Å². The Kier molecular flexibility index (Phi) is 9.18. The van der Waals surface area contributed by atoms with Gasteiger partial charge in [0, 0.05) is 12.5 Å². The van der Waals surface area contributed by atoms with E-state index in [-0.39, 0.29) is 24.3 Å². The van der Waals surface area contributed by atoms with Gasteiger partial charge in [0.2, 0.25) is 0 Å². The van der Waals surface area contributed by atoms with Crippen LogP contribution in [0.1, 0.15) is 18.4 Å². The molecule has 2 rings (SSSR count). The van der Waals surface area contributed by atoms with Crippen LogP contribution in [0.15, 0.2) is 24.3 Å². The SMILES string of the molecule is COC(=O)Oc1ccc(/C=C/C(=O)O[C@@H]2C[C@H](C(=O)OC)C[C@@H](O)[C@H]2O)cc1OC(=O)OC. The van der Waals surface area contributed by atoms with Gasteiger partial charge in [-0.05, 0) is 30.2 Å². The van der Waals surface area contributed by atoms with Gasteiger partial charge in [0.25, 0.3) is 0 Å². The third kappa shape index (κ3) is 7.19. The number of hydrogen-bond acceptors (Lipinski definition) is 12. The summed E-state index contributed by atoms with van der Waals surface area (Å²) in [7, 11) is 3.38. The molecule has 1 aromatic rings. The first-order chi connectivity index (χ1) is 15.7. The summed E-state index contributed by atoms with van der Waals surface area (Å²) >= 11 is 0. The largest absolute Gasteiger partial charge is 0.513 e. The molecule has 0 amide bonds. The summed E-state index contributed by atoms with van der Waals surface area (Å²) < 4.78 is 28.5. The molecule has 1 aliphatic carbocycles. The molecule has 12 heteroatoms. The number of hydrogen-bond donors (Lipinski definition) is 2. The molecule has 0 unspecified atom stereocenters. The predicted molar refractivity (Wildman–Crippen MR) is 108 cm³/mol. The van der Waals surface area contributed by atoms with Gasteiger partial charge >= 0.3 is 24.2 Å². The molecule has 180 valence electrons. The maximum absolute atomic E-state index is 12.2. The molecule has 0 spiro atoms. The molecular formula is C21H24O12. The highest BCUT2D eigenvalue weighted by Crippen LogP contribution is 2.30. The minimum absolute atomic E-state index is 0.0127. The van der Waals surface area contributed by atoms with Gasteiger partial charge < -0.3 is 38.6 Å². The van der Waals surface area contributed by atoms with E-state index in [1.54, 1.807) is 0 Å².